The highest BCUT2D eigenvalue weighted by atomic mass is 16.5. The molecule has 0 aromatic heterocycles. The van der Waals surface area contributed by atoms with Crippen molar-refractivity contribution >= 4 is 11.8 Å². The molecule has 2 N–H and O–H groups in total. The number of likely N-dealkylation sites (tertiary alicyclic amines) is 1. The molecule has 3 rings (SSSR count). The third-order valence-corrected chi connectivity index (χ3v) is 5.85. The number of nitrogens with two attached hydrogens (primary N) is 1. The summed E-state index contributed by atoms with van der Waals surface area (Å²) in [4.78, 5) is 25.8. The molecule has 0 aromatic carbocycles. The zero-order valence-corrected chi connectivity index (χ0v) is 14.5. The van der Waals surface area contributed by atoms with Crippen molar-refractivity contribution in [1.82, 2.24) is 4.90 Å². The van der Waals surface area contributed by atoms with Gasteiger partial charge < -0.3 is 20.1 Å². The molecule has 0 unspecified atom stereocenters. The SMILES string of the molecule is NC(=O)[C@H]1CCO[C@@H]1C1CCN(C(=O)COC2CCCCC2)CC1. The van der Waals surface area contributed by atoms with Crippen LogP contribution in [0.5, 0.6) is 0 Å². The Morgan fingerprint density at radius 1 is 1.04 bits per heavy atom. The van der Waals surface area contributed by atoms with Crippen LogP contribution in [-0.4, -0.2) is 55.2 Å². The van der Waals surface area contributed by atoms with Gasteiger partial charge in [0.1, 0.15) is 6.61 Å². The van der Waals surface area contributed by atoms with Gasteiger partial charge in [0, 0.05) is 19.7 Å². The van der Waals surface area contributed by atoms with Gasteiger partial charge in [-0.15, -0.1) is 0 Å². The summed E-state index contributed by atoms with van der Waals surface area (Å²) in [5.41, 5.74) is 5.48. The van der Waals surface area contributed by atoms with E-state index in [-0.39, 0.29) is 36.5 Å². The minimum absolute atomic E-state index is 0.0572. The van der Waals surface area contributed by atoms with E-state index in [0.29, 0.717) is 12.5 Å². The average molecular weight is 338 g/mol. The van der Waals surface area contributed by atoms with Crippen molar-refractivity contribution in [3.8, 4) is 0 Å². The highest BCUT2D eigenvalue weighted by Crippen LogP contribution is 2.33. The number of carbonyl (C=O) groups is 2. The summed E-state index contributed by atoms with van der Waals surface area (Å²) in [6, 6.07) is 0. The average Bonchev–Trinajstić information content (AvgIpc) is 3.11. The lowest BCUT2D eigenvalue weighted by Gasteiger charge is -2.36. The number of hydrogen-bond acceptors (Lipinski definition) is 4. The highest BCUT2D eigenvalue weighted by Gasteiger charge is 2.39. The number of rotatable bonds is 5. The van der Waals surface area contributed by atoms with Crippen molar-refractivity contribution in [2.75, 3.05) is 26.3 Å². The Hall–Kier alpha value is -1.14. The van der Waals surface area contributed by atoms with Crippen LogP contribution in [0.25, 0.3) is 0 Å². The summed E-state index contributed by atoms with van der Waals surface area (Å²) in [5, 5.41) is 0. The zero-order valence-electron chi connectivity index (χ0n) is 14.5. The number of primary amides is 1. The van der Waals surface area contributed by atoms with Gasteiger partial charge >= 0.3 is 0 Å². The van der Waals surface area contributed by atoms with Crippen molar-refractivity contribution in [2.24, 2.45) is 17.6 Å². The Kier molecular flexibility index (Phi) is 6.11. The Labute approximate surface area is 144 Å². The van der Waals surface area contributed by atoms with Crippen molar-refractivity contribution in [3.63, 3.8) is 0 Å². The molecule has 136 valence electrons. The zero-order chi connectivity index (χ0) is 16.9. The van der Waals surface area contributed by atoms with Crippen molar-refractivity contribution < 1.29 is 19.1 Å². The van der Waals surface area contributed by atoms with Gasteiger partial charge in [-0.05, 0) is 38.0 Å². The van der Waals surface area contributed by atoms with Gasteiger partial charge in [-0.1, -0.05) is 19.3 Å². The quantitative estimate of drug-likeness (QED) is 0.823. The van der Waals surface area contributed by atoms with Gasteiger partial charge in [0.25, 0.3) is 0 Å². The molecule has 1 saturated carbocycles. The second-order valence-corrected chi connectivity index (χ2v) is 7.42. The topological polar surface area (TPSA) is 81.9 Å². The van der Waals surface area contributed by atoms with Crippen LogP contribution in [0.15, 0.2) is 0 Å². The number of ether oxygens (including phenoxy) is 2. The number of carbonyl (C=O) groups excluding carboxylic acids is 2. The lowest BCUT2D eigenvalue weighted by Crippen LogP contribution is -2.45. The predicted octanol–water partition coefficient (Wildman–Crippen LogP) is 1.46. The second kappa shape index (κ2) is 8.30. The smallest absolute Gasteiger partial charge is 0.248 e. The fourth-order valence-corrected chi connectivity index (χ4v) is 4.37. The second-order valence-electron chi connectivity index (χ2n) is 7.42. The van der Waals surface area contributed by atoms with E-state index in [2.05, 4.69) is 0 Å². The van der Waals surface area contributed by atoms with Crippen molar-refractivity contribution in [2.45, 2.75) is 63.6 Å². The Bertz CT molecular complexity index is 442. The largest absolute Gasteiger partial charge is 0.377 e. The minimum Gasteiger partial charge on any atom is -0.377 e. The van der Waals surface area contributed by atoms with E-state index >= 15 is 0 Å². The molecular formula is C18H30N2O4. The Morgan fingerprint density at radius 3 is 2.42 bits per heavy atom. The van der Waals surface area contributed by atoms with Gasteiger partial charge in [-0.25, -0.2) is 0 Å². The van der Waals surface area contributed by atoms with Gasteiger partial charge in [0.2, 0.25) is 11.8 Å². The number of hydrogen-bond donors (Lipinski definition) is 1. The Balaban J connectivity index is 1.41. The Morgan fingerprint density at radius 2 is 1.75 bits per heavy atom. The fourth-order valence-electron chi connectivity index (χ4n) is 4.37. The first-order valence-corrected chi connectivity index (χ1v) is 9.45. The maximum absolute atomic E-state index is 12.3. The molecule has 1 aliphatic carbocycles. The number of piperidine rings is 1. The van der Waals surface area contributed by atoms with E-state index in [0.717, 1.165) is 45.2 Å². The van der Waals surface area contributed by atoms with Gasteiger partial charge in [-0.2, -0.15) is 0 Å². The predicted molar refractivity (Wildman–Crippen MR) is 89.2 cm³/mol. The molecule has 0 radical (unpaired) electrons. The molecule has 3 aliphatic rings. The van der Waals surface area contributed by atoms with Gasteiger partial charge in [-0.3, -0.25) is 9.59 Å². The highest BCUT2D eigenvalue weighted by molar-refractivity contribution is 5.78. The fraction of sp³-hybridized carbons (Fsp3) is 0.889. The van der Waals surface area contributed by atoms with E-state index in [1.807, 2.05) is 4.90 Å². The molecule has 0 bridgehead atoms. The molecule has 3 fully saturated rings. The van der Waals surface area contributed by atoms with E-state index in [1.165, 1.54) is 19.3 Å². The molecule has 2 amide bonds. The normalized spacial score (nSPS) is 29.8. The third kappa shape index (κ3) is 4.28. The van der Waals surface area contributed by atoms with Crippen LogP contribution < -0.4 is 5.73 Å². The van der Waals surface area contributed by atoms with Crippen LogP contribution in [0.4, 0.5) is 0 Å². The van der Waals surface area contributed by atoms with E-state index in [9.17, 15) is 9.59 Å². The summed E-state index contributed by atoms with van der Waals surface area (Å²) >= 11 is 0. The van der Waals surface area contributed by atoms with Crippen LogP contribution in [-0.2, 0) is 19.1 Å². The molecule has 0 spiro atoms. The molecule has 0 aromatic rings. The molecule has 6 heteroatoms. The van der Waals surface area contributed by atoms with Crippen LogP contribution in [0, 0.1) is 11.8 Å². The summed E-state index contributed by atoms with van der Waals surface area (Å²) in [6.07, 6.45) is 8.59. The van der Waals surface area contributed by atoms with E-state index in [1.54, 1.807) is 0 Å². The molecule has 2 heterocycles. The molecule has 6 nitrogen and oxygen atoms in total. The summed E-state index contributed by atoms with van der Waals surface area (Å²) in [6.45, 7) is 2.28. The van der Waals surface area contributed by atoms with Crippen LogP contribution in [0.2, 0.25) is 0 Å². The van der Waals surface area contributed by atoms with Crippen molar-refractivity contribution in [3.05, 3.63) is 0 Å². The first-order chi connectivity index (χ1) is 11.6. The van der Waals surface area contributed by atoms with E-state index in [4.69, 9.17) is 15.2 Å². The maximum atomic E-state index is 12.3. The monoisotopic (exact) mass is 338 g/mol. The standard InChI is InChI=1S/C18H30N2O4/c19-18(22)15-8-11-23-17(15)13-6-9-20(10-7-13)16(21)12-24-14-4-2-1-3-5-14/h13-15,17H,1-12H2,(H2,19,22)/t15-,17+/m0/s1. The first kappa shape index (κ1) is 17.7. The minimum atomic E-state index is -0.253. The summed E-state index contributed by atoms with van der Waals surface area (Å²) < 4.78 is 11.6. The van der Waals surface area contributed by atoms with Gasteiger partial charge in [0.15, 0.2) is 0 Å². The van der Waals surface area contributed by atoms with Crippen LogP contribution in [0.1, 0.15) is 51.4 Å². The third-order valence-electron chi connectivity index (χ3n) is 5.85. The molecule has 2 aliphatic heterocycles. The van der Waals surface area contributed by atoms with Crippen LogP contribution >= 0.6 is 0 Å². The number of nitrogens with zero attached hydrogens (tertiary/aromatic N) is 1. The van der Waals surface area contributed by atoms with Crippen molar-refractivity contribution in [1.29, 1.82) is 0 Å². The molecule has 2 atom stereocenters. The summed E-state index contributed by atoms with van der Waals surface area (Å²) in [5.74, 6) is 0.00917. The number of amides is 2. The molecular weight excluding hydrogens is 308 g/mol. The lowest BCUT2D eigenvalue weighted by molar-refractivity contribution is -0.141. The molecule has 24 heavy (non-hydrogen) atoms. The van der Waals surface area contributed by atoms with Crippen LogP contribution in [0.3, 0.4) is 0 Å². The maximum Gasteiger partial charge on any atom is 0.248 e. The first-order valence-electron chi connectivity index (χ1n) is 9.45. The van der Waals surface area contributed by atoms with Gasteiger partial charge in [0.05, 0.1) is 18.1 Å². The molecule has 2 saturated heterocycles. The van der Waals surface area contributed by atoms with E-state index < -0.39 is 0 Å². The lowest BCUT2D eigenvalue weighted by atomic mass is 9.84. The summed E-state index contributed by atoms with van der Waals surface area (Å²) in [7, 11) is 0.